The molecule has 0 aliphatic carbocycles. The Kier molecular flexibility index (Phi) is 4.77. The van der Waals surface area contributed by atoms with E-state index >= 15 is 0 Å². The molecular formula is C12H15O. The predicted octanol–water partition coefficient (Wildman–Crippen LogP) is 3.22. The standard InChI is InChI=1S/C12H15O/c1-2-3-4-8-11-13-12-9-6-5-7-10-12/h1-2,5-7,9-10H,3-4,8,11H2. The molecule has 1 aromatic carbocycles. The van der Waals surface area contributed by atoms with Gasteiger partial charge in [0, 0.05) is 0 Å². The number of unbranched alkanes of at least 4 members (excludes halogenated alkanes) is 2. The summed E-state index contributed by atoms with van der Waals surface area (Å²) in [6, 6.07) is 9.87. The third-order valence-corrected chi connectivity index (χ3v) is 1.78. The molecule has 69 valence electrons. The normalized spacial score (nSPS) is 9.54. The first kappa shape index (κ1) is 9.85. The molecule has 1 heteroatoms. The van der Waals surface area contributed by atoms with Crippen LogP contribution in [0.4, 0.5) is 0 Å². The molecule has 0 unspecified atom stereocenters. The molecule has 0 aromatic heterocycles. The summed E-state index contributed by atoms with van der Waals surface area (Å²) in [7, 11) is 0. The summed E-state index contributed by atoms with van der Waals surface area (Å²) in [5.74, 6) is 0.944. The van der Waals surface area contributed by atoms with Crippen LogP contribution in [0.3, 0.4) is 0 Å². The van der Waals surface area contributed by atoms with Crippen LogP contribution in [-0.4, -0.2) is 6.61 Å². The smallest absolute Gasteiger partial charge is 0.119 e. The van der Waals surface area contributed by atoms with Crippen molar-refractivity contribution in [1.82, 2.24) is 0 Å². The minimum absolute atomic E-state index is 0.776. The highest BCUT2D eigenvalue weighted by molar-refractivity contribution is 5.20. The number of para-hydroxylation sites is 1. The zero-order chi connectivity index (χ0) is 9.36. The summed E-state index contributed by atoms with van der Waals surface area (Å²) in [6.07, 6.45) is 4.83. The van der Waals surface area contributed by atoms with Crippen LogP contribution in [0.1, 0.15) is 19.3 Å². The average molecular weight is 175 g/mol. The van der Waals surface area contributed by atoms with E-state index in [1.165, 1.54) is 0 Å². The number of rotatable bonds is 6. The van der Waals surface area contributed by atoms with Crippen molar-refractivity contribution in [2.24, 2.45) is 0 Å². The van der Waals surface area contributed by atoms with Crippen molar-refractivity contribution < 1.29 is 4.74 Å². The SMILES string of the molecule is [CH]=CCCCCOc1ccccc1. The van der Waals surface area contributed by atoms with E-state index in [0.29, 0.717) is 0 Å². The van der Waals surface area contributed by atoms with Crippen molar-refractivity contribution >= 4 is 0 Å². The van der Waals surface area contributed by atoms with Gasteiger partial charge >= 0.3 is 0 Å². The molecule has 1 aromatic rings. The number of hydrogen-bond donors (Lipinski definition) is 0. The van der Waals surface area contributed by atoms with Crippen molar-refractivity contribution in [2.45, 2.75) is 19.3 Å². The Morgan fingerprint density at radius 2 is 1.92 bits per heavy atom. The monoisotopic (exact) mass is 175 g/mol. The topological polar surface area (TPSA) is 9.23 Å². The largest absolute Gasteiger partial charge is 0.494 e. The number of allylic oxidation sites excluding steroid dienone is 1. The zero-order valence-electron chi connectivity index (χ0n) is 7.78. The molecule has 0 bridgehead atoms. The molecule has 13 heavy (non-hydrogen) atoms. The van der Waals surface area contributed by atoms with E-state index in [1.807, 2.05) is 30.3 Å². The highest BCUT2D eigenvalue weighted by atomic mass is 16.5. The van der Waals surface area contributed by atoms with Crippen molar-refractivity contribution in [3.63, 3.8) is 0 Å². The highest BCUT2D eigenvalue weighted by Gasteiger charge is 1.90. The fourth-order valence-electron chi connectivity index (χ4n) is 1.07. The Labute approximate surface area is 80.0 Å². The van der Waals surface area contributed by atoms with Crippen molar-refractivity contribution in [1.29, 1.82) is 0 Å². The molecule has 0 heterocycles. The number of hydrogen-bond acceptors (Lipinski definition) is 1. The highest BCUT2D eigenvalue weighted by Crippen LogP contribution is 2.09. The van der Waals surface area contributed by atoms with E-state index in [4.69, 9.17) is 11.3 Å². The molecule has 0 aliphatic heterocycles. The third kappa shape index (κ3) is 4.36. The maximum absolute atomic E-state index is 5.50. The minimum atomic E-state index is 0.776. The van der Waals surface area contributed by atoms with Gasteiger partial charge in [-0.15, -0.1) is 0 Å². The Hall–Kier alpha value is -1.24. The first-order chi connectivity index (χ1) is 6.43. The molecule has 0 N–H and O–H groups in total. The van der Waals surface area contributed by atoms with Gasteiger partial charge in [0.15, 0.2) is 0 Å². The van der Waals surface area contributed by atoms with Gasteiger partial charge in [-0.1, -0.05) is 30.9 Å². The zero-order valence-corrected chi connectivity index (χ0v) is 7.78. The van der Waals surface area contributed by atoms with E-state index in [2.05, 4.69) is 0 Å². The third-order valence-electron chi connectivity index (χ3n) is 1.78. The van der Waals surface area contributed by atoms with E-state index in [0.717, 1.165) is 31.6 Å². The molecule has 0 spiro atoms. The molecule has 1 nitrogen and oxygen atoms in total. The van der Waals surface area contributed by atoms with E-state index in [-0.39, 0.29) is 0 Å². The van der Waals surface area contributed by atoms with Crippen LogP contribution >= 0.6 is 0 Å². The van der Waals surface area contributed by atoms with Gasteiger partial charge in [-0.05, 0) is 31.4 Å². The molecule has 0 aliphatic rings. The fraction of sp³-hybridized carbons (Fsp3) is 0.333. The summed E-state index contributed by atoms with van der Waals surface area (Å²) in [4.78, 5) is 0. The molecule has 0 atom stereocenters. The lowest BCUT2D eigenvalue weighted by atomic mass is 10.2. The molecular weight excluding hydrogens is 160 g/mol. The lowest BCUT2D eigenvalue weighted by molar-refractivity contribution is 0.307. The van der Waals surface area contributed by atoms with Gasteiger partial charge in [0.1, 0.15) is 5.75 Å². The van der Waals surface area contributed by atoms with E-state index < -0.39 is 0 Å². The van der Waals surface area contributed by atoms with Crippen LogP contribution in [0.2, 0.25) is 0 Å². The fourth-order valence-corrected chi connectivity index (χ4v) is 1.07. The summed E-state index contributed by atoms with van der Waals surface area (Å²) in [5, 5.41) is 0. The number of benzene rings is 1. The lowest BCUT2D eigenvalue weighted by Crippen LogP contribution is -1.96. The van der Waals surface area contributed by atoms with Crippen molar-refractivity contribution in [2.75, 3.05) is 6.61 Å². The summed E-state index contributed by atoms with van der Waals surface area (Å²) in [5.41, 5.74) is 0. The van der Waals surface area contributed by atoms with E-state index in [1.54, 1.807) is 6.08 Å². The van der Waals surface area contributed by atoms with Gasteiger partial charge in [-0.2, -0.15) is 0 Å². The average Bonchev–Trinajstić information content (AvgIpc) is 2.19. The van der Waals surface area contributed by atoms with Gasteiger partial charge in [0.2, 0.25) is 0 Å². The van der Waals surface area contributed by atoms with E-state index in [9.17, 15) is 0 Å². The molecule has 0 saturated carbocycles. The second-order valence-electron chi connectivity index (χ2n) is 2.89. The van der Waals surface area contributed by atoms with Gasteiger partial charge in [0.25, 0.3) is 0 Å². The quantitative estimate of drug-likeness (QED) is 0.603. The maximum Gasteiger partial charge on any atom is 0.119 e. The van der Waals surface area contributed by atoms with Gasteiger partial charge in [0.05, 0.1) is 6.61 Å². The molecule has 0 fully saturated rings. The van der Waals surface area contributed by atoms with Crippen LogP contribution in [0.15, 0.2) is 36.4 Å². The van der Waals surface area contributed by atoms with Crippen molar-refractivity contribution in [3.05, 3.63) is 43.0 Å². The first-order valence-corrected chi connectivity index (χ1v) is 4.65. The predicted molar refractivity (Wildman–Crippen MR) is 54.7 cm³/mol. The van der Waals surface area contributed by atoms with Crippen LogP contribution < -0.4 is 4.74 Å². The molecule has 1 radical (unpaired) electrons. The summed E-state index contributed by atoms with van der Waals surface area (Å²) >= 11 is 0. The Balaban J connectivity index is 2.10. The van der Waals surface area contributed by atoms with Gasteiger partial charge in [-0.3, -0.25) is 0 Å². The summed E-state index contributed by atoms with van der Waals surface area (Å²) in [6.45, 7) is 6.03. The van der Waals surface area contributed by atoms with Crippen molar-refractivity contribution in [3.8, 4) is 5.75 Å². The Morgan fingerprint density at radius 1 is 1.15 bits per heavy atom. The molecule has 0 saturated heterocycles. The van der Waals surface area contributed by atoms with Crippen LogP contribution in [0, 0.1) is 6.58 Å². The van der Waals surface area contributed by atoms with Crippen LogP contribution in [0.25, 0.3) is 0 Å². The second-order valence-corrected chi connectivity index (χ2v) is 2.89. The van der Waals surface area contributed by atoms with Crippen LogP contribution in [-0.2, 0) is 0 Å². The first-order valence-electron chi connectivity index (χ1n) is 4.65. The number of ether oxygens (including phenoxy) is 1. The lowest BCUT2D eigenvalue weighted by Gasteiger charge is -2.04. The summed E-state index contributed by atoms with van der Waals surface area (Å²) < 4.78 is 5.50. The minimum Gasteiger partial charge on any atom is -0.494 e. The Morgan fingerprint density at radius 3 is 2.62 bits per heavy atom. The molecule has 1 rings (SSSR count). The van der Waals surface area contributed by atoms with Crippen LogP contribution in [0.5, 0.6) is 5.75 Å². The molecule has 0 amide bonds. The second kappa shape index (κ2) is 6.30. The van der Waals surface area contributed by atoms with Gasteiger partial charge < -0.3 is 4.74 Å². The maximum atomic E-state index is 5.50. The van der Waals surface area contributed by atoms with Gasteiger partial charge in [-0.25, -0.2) is 0 Å². The Bertz CT molecular complexity index is 228.